The number of carboxylic acids is 1. The number of nitriles is 1. The summed E-state index contributed by atoms with van der Waals surface area (Å²) >= 11 is 11.8. The molecule has 0 radical (unpaired) electrons. The van der Waals surface area contributed by atoms with Gasteiger partial charge in [-0.05, 0) is 42.3 Å². The smallest absolute Gasteiger partial charge is 0.321 e. The molecule has 1 atom stereocenters. The normalized spacial score (nSPS) is 11.5. The van der Waals surface area contributed by atoms with Crippen molar-refractivity contribution < 1.29 is 14.7 Å². The van der Waals surface area contributed by atoms with Gasteiger partial charge in [0.2, 0.25) is 5.91 Å². The van der Waals surface area contributed by atoms with Gasteiger partial charge in [0.1, 0.15) is 6.04 Å². The van der Waals surface area contributed by atoms with E-state index in [1.54, 1.807) is 36.4 Å². The van der Waals surface area contributed by atoms with Gasteiger partial charge in [0.05, 0.1) is 35.7 Å². The third-order valence-electron chi connectivity index (χ3n) is 4.27. The van der Waals surface area contributed by atoms with Crippen LogP contribution in [-0.2, 0) is 16.0 Å². The number of benzene rings is 2. The Labute approximate surface area is 187 Å². The van der Waals surface area contributed by atoms with Crippen LogP contribution >= 0.6 is 23.2 Å². The lowest BCUT2D eigenvalue weighted by molar-refractivity contribution is -0.139. The van der Waals surface area contributed by atoms with E-state index < -0.39 is 17.9 Å². The van der Waals surface area contributed by atoms with E-state index in [2.05, 4.69) is 20.9 Å². The molecule has 0 aliphatic rings. The molecule has 0 saturated carbocycles. The SMILES string of the molecule is N#Cc1ccc(CC(NCC(=O)Nc2cc(Cl)ccc2-n2cc(Cl)nn2)C(=O)O)cc1. The van der Waals surface area contributed by atoms with Crippen LogP contribution in [0.1, 0.15) is 11.1 Å². The topological polar surface area (TPSA) is 133 Å². The van der Waals surface area contributed by atoms with Gasteiger partial charge in [0, 0.05) is 5.02 Å². The Morgan fingerprint density at radius 3 is 2.55 bits per heavy atom. The zero-order valence-electron chi connectivity index (χ0n) is 15.9. The number of halogens is 2. The van der Waals surface area contributed by atoms with Gasteiger partial charge < -0.3 is 10.4 Å². The fourth-order valence-electron chi connectivity index (χ4n) is 2.78. The predicted molar refractivity (Wildman–Crippen MR) is 114 cm³/mol. The molecule has 0 aliphatic carbocycles. The van der Waals surface area contributed by atoms with Crippen molar-refractivity contribution in [2.45, 2.75) is 12.5 Å². The van der Waals surface area contributed by atoms with Gasteiger partial charge in [-0.1, -0.05) is 40.5 Å². The Morgan fingerprint density at radius 2 is 1.94 bits per heavy atom. The number of rotatable bonds is 8. The molecule has 1 amide bonds. The van der Waals surface area contributed by atoms with Crippen LogP contribution in [0.2, 0.25) is 10.2 Å². The Bertz CT molecular complexity index is 1140. The second-order valence-electron chi connectivity index (χ2n) is 6.48. The number of nitrogens with zero attached hydrogens (tertiary/aromatic N) is 4. The first-order valence-electron chi connectivity index (χ1n) is 8.98. The molecule has 1 unspecified atom stereocenters. The highest BCUT2D eigenvalue weighted by atomic mass is 35.5. The summed E-state index contributed by atoms with van der Waals surface area (Å²) in [7, 11) is 0. The number of carboxylic acid groups (broad SMARTS) is 1. The summed E-state index contributed by atoms with van der Waals surface area (Å²) in [5, 5.41) is 31.9. The number of carbonyl (C=O) groups excluding carboxylic acids is 1. The van der Waals surface area contributed by atoms with Gasteiger partial charge in [-0.15, -0.1) is 5.10 Å². The fraction of sp³-hybridized carbons (Fsp3) is 0.150. The number of carbonyl (C=O) groups is 2. The van der Waals surface area contributed by atoms with Crippen molar-refractivity contribution in [2.75, 3.05) is 11.9 Å². The first-order valence-corrected chi connectivity index (χ1v) is 9.74. The summed E-state index contributed by atoms with van der Waals surface area (Å²) in [6.45, 7) is -0.253. The maximum Gasteiger partial charge on any atom is 0.321 e. The van der Waals surface area contributed by atoms with E-state index >= 15 is 0 Å². The molecular formula is C20H16Cl2N6O3. The van der Waals surface area contributed by atoms with Gasteiger partial charge in [0.15, 0.2) is 5.15 Å². The summed E-state index contributed by atoms with van der Waals surface area (Å²) in [5.74, 6) is -1.57. The van der Waals surface area contributed by atoms with Crippen molar-refractivity contribution in [2.24, 2.45) is 0 Å². The largest absolute Gasteiger partial charge is 0.480 e. The molecule has 9 nitrogen and oxygen atoms in total. The third kappa shape index (κ3) is 6.02. The van der Waals surface area contributed by atoms with E-state index in [0.717, 1.165) is 5.56 Å². The quantitative estimate of drug-likeness (QED) is 0.472. The number of aliphatic carboxylic acids is 1. The van der Waals surface area contributed by atoms with Gasteiger partial charge in [0.25, 0.3) is 0 Å². The maximum absolute atomic E-state index is 12.5. The summed E-state index contributed by atoms with van der Waals surface area (Å²) in [5.41, 5.74) is 2.05. The molecule has 3 rings (SSSR count). The Hall–Kier alpha value is -3.45. The van der Waals surface area contributed by atoms with Crippen molar-refractivity contribution in [3.05, 3.63) is 70.0 Å². The molecule has 0 bridgehead atoms. The fourth-order valence-corrected chi connectivity index (χ4v) is 3.08. The lowest BCUT2D eigenvalue weighted by atomic mass is 10.0. The standard InChI is InChI=1S/C20H16Cl2N6O3/c21-14-5-6-17(28-11-18(22)26-27-28)15(8-14)25-19(29)10-24-16(20(30)31)7-12-1-3-13(9-23)4-2-12/h1-6,8,11,16,24H,7,10H2,(H,25,29)(H,30,31). The highest BCUT2D eigenvalue weighted by Crippen LogP contribution is 2.24. The molecule has 3 aromatic rings. The minimum absolute atomic E-state index is 0.147. The zero-order chi connectivity index (χ0) is 22.4. The van der Waals surface area contributed by atoms with Crippen molar-refractivity contribution >= 4 is 40.8 Å². The van der Waals surface area contributed by atoms with Gasteiger partial charge in [-0.25, -0.2) is 4.68 Å². The van der Waals surface area contributed by atoms with Crippen LogP contribution < -0.4 is 10.6 Å². The number of amides is 1. The molecular weight excluding hydrogens is 443 g/mol. The molecule has 3 N–H and O–H groups in total. The lowest BCUT2D eigenvalue weighted by Gasteiger charge is -2.16. The van der Waals surface area contributed by atoms with Crippen LogP contribution in [0, 0.1) is 11.3 Å². The maximum atomic E-state index is 12.5. The summed E-state index contributed by atoms with van der Waals surface area (Å²) in [4.78, 5) is 24.0. The van der Waals surface area contributed by atoms with Crippen molar-refractivity contribution in [1.29, 1.82) is 5.26 Å². The Balaban J connectivity index is 1.66. The molecule has 1 aromatic heterocycles. The monoisotopic (exact) mass is 458 g/mol. The van der Waals surface area contributed by atoms with E-state index in [9.17, 15) is 14.7 Å². The minimum atomic E-state index is -1.10. The van der Waals surface area contributed by atoms with Crippen LogP contribution in [0.4, 0.5) is 5.69 Å². The molecule has 0 fully saturated rings. The summed E-state index contributed by atoms with van der Waals surface area (Å²) < 4.78 is 1.38. The van der Waals surface area contributed by atoms with Crippen molar-refractivity contribution in [1.82, 2.24) is 20.3 Å². The highest BCUT2D eigenvalue weighted by Gasteiger charge is 2.19. The highest BCUT2D eigenvalue weighted by molar-refractivity contribution is 6.31. The molecule has 1 heterocycles. The zero-order valence-corrected chi connectivity index (χ0v) is 17.4. The number of nitrogens with one attached hydrogen (secondary N) is 2. The molecule has 158 valence electrons. The molecule has 0 aliphatic heterocycles. The van der Waals surface area contributed by atoms with E-state index in [-0.39, 0.29) is 18.1 Å². The third-order valence-corrected chi connectivity index (χ3v) is 4.68. The minimum Gasteiger partial charge on any atom is -0.480 e. The molecule has 11 heteroatoms. The van der Waals surface area contributed by atoms with E-state index in [1.165, 1.54) is 16.9 Å². The van der Waals surface area contributed by atoms with E-state index in [1.807, 2.05) is 6.07 Å². The van der Waals surface area contributed by atoms with Crippen LogP contribution in [0.5, 0.6) is 0 Å². The number of anilines is 1. The second-order valence-corrected chi connectivity index (χ2v) is 7.30. The van der Waals surface area contributed by atoms with Crippen LogP contribution in [0.25, 0.3) is 5.69 Å². The van der Waals surface area contributed by atoms with Crippen LogP contribution in [0.15, 0.2) is 48.7 Å². The average molecular weight is 459 g/mol. The second kappa shape index (κ2) is 10.0. The average Bonchev–Trinajstić information content (AvgIpc) is 3.17. The predicted octanol–water partition coefficient (Wildman–Crippen LogP) is 2.67. The summed E-state index contributed by atoms with van der Waals surface area (Å²) in [6.07, 6.45) is 1.62. The summed E-state index contributed by atoms with van der Waals surface area (Å²) in [6, 6.07) is 12.4. The molecule has 31 heavy (non-hydrogen) atoms. The van der Waals surface area contributed by atoms with Crippen molar-refractivity contribution in [3.63, 3.8) is 0 Å². The van der Waals surface area contributed by atoms with Gasteiger partial charge >= 0.3 is 5.97 Å². The first-order chi connectivity index (χ1) is 14.9. The van der Waals surface area contributed by atoms with E-state index in [0.29, 0.717) is 22.0 Å². The van der Waals surface area contributed by atoms with Crippen LogP contribution in [0.3, 0.4) is 0 Å². The van der Waals surface area contributed by atoms with Crippen molar-refractivity contribution in [3.8, 4) is 11.8 Å². The number of hydrogen-bond acceptors (Lipinski definition) is 6. The molecule has 2 aromatic carbocycles. The first kappa shape index (κ1) is 22.2. The van der Waals surface area contributed by atoms with Gasteiger partial charge in [-0.2, -0.15) is 5.26 Å². The van der Waals surface area contributed by atoms with Crippen LogP contribution in [-0.4, -0.2) is 44.6 Å². The van der Waals surface area contributed by atoms with Gasteiger partial charge in [-0.3, -0.25) is 14.9 Å². The Morgan fingerprint density at radius 1 is 1.19 bits per heavy atom. The lowest BCUT2D eigenvalue weighted by Crippen LogP contribution is -2.42. The molecule has 0 saturated heterocycles. The Kier molecular flexibility index (Phi) is 7.20. The molecule has 0 spiro atoms. The number of hydrogen-bond donors (Lipinski definition) is 3. The number of aromatic nitrogens is 3. The van der Waals surface area contributed by atoms with E-state index in [4.69, 9.17) is 28.5 Å².